The van der Waals surface area contributed by atoms with Crippen molar-refractivity contribution in [3.8, 4) is 0 Å². The predicted octanol–water partition coefficient (Wildman–Crippen LogP) is 0.00790. The molecule has 1 aromatic rings. The molecule has 2 heterocycles. The number of piperazine rings is 1. The van der Waals surface area contributed by atoms with Gasteiger partial charge in [-0.15, -0.1) is 0 Å². The molecule has 0 aromatic carbocycles. The first-order valence-corrected chi connectivity index (χ1v) is 5.60. The Balaban J connectivity index is 1.68. The molecule has 1 fully saturated rings. The second-order valence-electron chi connectivity index (χ2n) is 4.16. The third kappa shape index (κ3) is 3.06. The van der Waals surface area contributed by atoms with Gasteiger partial charge in [-0.2, -0.15) is 0 Å². The highest BCUT2D eigenvalue weighted by Gasteiger charge is 2.17. The zero-order chi connectivity index (χ0) is 10.5. The molecule has 4 nitrogen and oxygen atoms in total. The van der Waals surface area contributed by atoms with Crippen LogP contribution in [0, 0.1) is 0 Å². The molecule has 84 valence electrons. The van der Waals surface area contributed by atoms with Crippen molar-refractivity contribution >= 4 is 0 Å². The van der Waals surface area contributed by atoms with Crippen LogP contribution >= 0.6 is 0 Å². The summed E-state index contributed by atoms with van der Waals surface area (Å²) in [5.41, 5.74) is 1.25. The Morgan fingerprint density at radius 2 is 2.53 bits per heavy atom. The highest BCUT2D eigenvalue weighted by molar-refractivity contribution is 5.03. The van der Waals surface area contributed by atoms with Crippen LogP contribution in [-0.4, -0.2) is 49.2 Å². The Labute approximate surface area is 91.0 Å². The molecule has 0 radical (unpaired) electrons. The van der Waals surface area contributed by atoms with Crippen molar-refractivity contribution in [2.75, 3.05) is 33.2 Å². The minimum absolute atomic E-state index is 0.619. The average molecular weight is 208 g/mol. The summed E-state index contributed by atoms with van der Waals surface area (Å²) in [7, 11) is 2.20. The van der Waals surface area contributed by atoms with E-state index >= 15 is 0 Å². The van der Waals surface area contributed by atoms with Crippen molar-refractivity contribution in [2.24, 2.45) is 0 Å². The highest BCUT2D eigenvalue weighted by Crippen LogP contribution is 1.99. The van der Waals surface area contributed by atoms with E-state index in [2.05, 4.69) is 33.6 Å². The van der Waals surface area contributed by atoms with E-state index in [1.165, 1.54) is 5.69 Å². The molecular formula is C11H20N4. The molecule has 1 aliphatic rings. The van der Waals surface area contributed by atoms with Crippen LogP contribution in [0.1, 0.15) is 5.69 Å². The molecular weight excluding hydrogens is 188 g/mol. The van der Waals surface area contributed by atoms with Gasteiger partial charge in [0.2, 0.25) is 0 Å². The van der Waals surface area contributed by atoms with Crippen molar-refractivity contribution in [3.63, 3.8) is 0 Å². The van der Waals surface area contributed by atoms with Gasteiger partial charge in [0, 0.05) is 50.7 Å². The Hall–Kier alpha value is -0.840. The quantitative estimate of drug-likeness (QED) is 0.653. The molecule has 1 aliphatic heterocycles. The molecule has 0 amide bonds. The predicted molar refractivity (Wildman–Crippen MR) is 61.8 cm³/mol. The molecule has 0 aliphatic carbocycles. The first kappa shape index (κ1) is 10.7. The van der Waals surface area contributed by atoms with Crippen molar-refractivity contribution in [1.82, 2.24) is 20.5 Å². The second kappa shape index (κ2) is 5.30. The van der Waals surface area contributed by atoms with E-state index in [1.54, 1.807) is 0 Å². The largest absolute Gasteiger partial charge is 0.364 e. The first-order valence-electron chi connectivity index (χ1n) is 5.60. The topological polar surface area (TPSA) is 43.1 Å². The average Bonchev–Trinajstić information content (AvgIpc) is 2.74. The van der Waals surface area contributed by atoms with Gasteiger partial charge in [-0.25, -0.2) is 0 Å². The summed E-state index contributed by atoms with van der Waals surface area (Å²) in [6.45, 7) is 5.33. The molecule has 0 saturated carbocycles. The van der Waals surface area contributed by atoms with Crippen LogP contribution in [0.5, 0.6) is 0 Å². The number of nitrogens with zero attached hydrogens (tertiary/aromatic N) is 1. The molecule has 4 heteroatoms. The normalized spacial score (nSPS) is 23.1. The van der Waals surface area contributed by atoms with Crippen LogP contribution < -0.4 is 10.6 Å². The van der Waals surface area contributed by atoms with E-state index in [4.69, 9.17) is 0 Å². The second-order valence-corrected chi connectivity index (χ2v) is 4.16. The van der Waals surface area contributed by atoms with Crippen LogP contribution in [0.15, 0.2) is 18.3 Å². The number of rotatable bonds is 4. The molecule has 3 N–H and O–H groups in total. The molecule has 1 atom stereocenters. The fraction of sp³-hybridized carbons (Fsp3) is 0.636. The summed E-state index contributed by atoms with van der Waals surface area (Å²) < 4.78 is 0. The summed E-state index contributed by atoms with van der Waals surface area (Å²) >= 11 is 0. The third-order valence-electron chi connectivity index (χ3n) is 3.00. The maximum atomic E-state index is 3.48. The van der Waals surface area contributed by atoms with Crippen molar-refractivity contribution < 1.29 is 0 Å². The lowest BCUT2D eigenvalue weighted by atomic mass is 10.2. The molecule has 15 heavy (non-hydrogen) atoms. The minimum Gasteiger partial charge on any atom is -0.364 e. The van der Waals surface area contributed by atoms with E-state index in [0.29, 0.717) is 6.04 Å². The lowest BCUT2D eigenvalue weighted by Crippen LogP contribution is -2.53. The van der Waals surface area contributed by atoms with Gasteiger partial charge in [0.05, 0.1) is 0 Å². The molecule has 1 unspecified atom stereocenters. The van der Waals surface area contributed by atoms with E-state index in [1.807, 2.05) is 12.3 Å². The standard InChI is InChI=1S/C11H20N4/c1-15-6-5-12-8-11(15)9-13-7-10-3-2-4-14-10/h2-4,11-14H,5-9H2,1H3. The number of aromatic amines is 1. The number of H-pyrrole nitrogens is 1. The fourth-order valence-corrected chi connectivity index (χ4v) is 1.94. The van der Waals surface area contributed by atoms with Crippen molar-refractivity contribution in [3.05, 3.63) is 24.0 Å². The zero-order valence-corrected chi connectivity index (χ0v) is 9.29. The van der Waals surface area contributed by atoms with Gasteiger partial charge in [-0.05, 0) is 19.2 Å². The SMILES string of the molecule is CN1CCNCC1CNCc1ccc[nH]1. The van der Waals surface area contributed by atoms with E-state index in [-0.39, 0.29) is 0 Å². The Morgan fingerprint density at radius 3 is 3.27 bits per heavy atom. The summed E-state index contributed by atoms with van der Waals surface area (Å²) in [5, 5.41) is 6.89. The van der Waals surface area contributed by atoms with E-state index < -0.39 is 0 Å². The monoisotopic (exact) mass is 208 g/mol. The molecule has 1 saturated heterocycles. The number of hydrogen-bond acceptors (Lipinski definition) is 3. The summed E-state index contributed by atoms with van der Waals surface area (Å²) in [5.74, 6) is 0. The molecule has 0 bridgehead atoms. The number of aromatic nitrogens is 1. The Bertz CT molecular complexity index is 270. The van der Waals surface area contributed by atoms with Gasteiger partial charge < -0.3 is 15.6 Å². The van der Waals surface area contributed by atoms with Crippen molar-refractivity contribution in [1.29, 1.82) is 0 Å². The molecule has 1 aromatic heterocycles. The van der Waals surface area contributed by atoms with E-state index in [9.17, 15) is 0 Å². The zero-order valence-electron chi connectivity index (χ0n) is 9.29. The molecule has 2 rings (SSSR count). The number of likely N-dealkylation sites (N-methyl/N-ethyl adjacent to an activating group) is 1. The number of nitrogens with one attached hydrogen (secondary N) is 3. The van der Waals surface area contributed by atoms with Crippen LogP contribution in [0.4, 0.5) is 0 Å². The summed E-state index contributed by atoms with van der Waals surface area (Å²) in [6, 6.07) is 4.76. The smallest absolute Gasteiger partial charge is 0.0357 e. The Kier molecular flexibility index (Phi) is 3.77. The number of hydrogen-bond donors (Lipinski definition) is 3. The van der Waals surface area contributed by atoms with E-state index in [0.717, 1.165) is 32.7 Å². The van der Waals surface area contributed by atoms with Crippen molar-refractivity contribution in [2.45, 2.75) is 12.6 Å². The fourth-order valence-electron chi connectivity index (χ4n) is 1.94. The summed E-state index contributed by atoms with van der Waals surface area (Å²) in [6.07, 6.45) is 1.96. The maximum Gasteiger partial charge on any atom is 0.0357 e. The van der Waals surface area contributed by atoms with Gasteiger partial charge in [0.1, 0.15) is 0 Å². The van der Waals surface area contributed by atoms with Crippen LogP contribution in [0.3, 0.4) is 0 Å². The lowest BCUT2D eigenvalue weighted by molar-refractivity contribution is 0.195. The molecule has 0 spiro atoms. The van der Waals surface area contributed by atoms with Crippen LogP contribution in [0.2, 0.25) is 0 Å². The summed E-state index contributed by atoms with van der Waals surface area (Å²) in [4.78, 5) is 5.61. The highest BCUT2D eigenvalue weighted by atomic mass is 15.2. The van der Waals surface area contributed by atoms with Gasteiger partial charge in [-0.3, -0.25) is 4.90 Å². The minimum atomic E-state index is 0.619. The Morgan fingerprint density at radius 1 is 1.60 bits per heavy atom. The first-order chi connectivity index (χ1) is 7.36. The van der Waals surface area contributed by atoms with Crippen LogP contribution in [-0.2, 0) is 6.54 Å². The van der Waals surface area contributed by atoms with Gasteiger partial charge in [0.15, 0.2) is 0 Å². The third-order valence-corrected chi connectivity index (χ3v) is 3.00. The van der Waals surface area contributed by atoms with Gasteiger partial charge in [0.25, 0.3) is 0 Å². The van der Waals surface area contributed by atoms with Gasteiger partial charge in [-0.1, -0.05) is 0 Å². The van der Waals surface area contributed by atoms with Crippen LogP contribution in [0.25, 0.3) is 0 Å². The lowest BCUT2D eigenvalue weighted by Gasteiger charge is -2.33. The van der Waals surface area contributed by atoms with Gasteiger partial charge >= 0.3 is 0 Å². The maximum absolute atomic E-state index is 3.48.